The van der Waals surface area contributed by atoms with Gasteiger partial charge in [-0.15, -0.1) is 0 Å². The number of aromatic nitrogens is 3. The molecule has 0 aliphatic heterocycles. The third-order valence-corrected chi connectivity index (χ3v) is 1.85. The van der Waals surface area contributed by atoms with Gasteiger partial charge in [0.25, 0.3) is 0 Å². The van der Waals surface area contributed by atoms with Gasteiger partial charge in [-0.3, -0.25) is 4.57 Å². The first kappa shape index (κ1) is 9.32. The monoisotopic (exact) mass is 207 g/mol. The van der Waals surface area contributed by atoms with Gasteiger partial charge in [0.2, 0.25) is 0 Å². The van der Waals surface area contributed by atoms with Gasteiger partial charge in [0.1, 0.15) is 11.9 Å². The van der Waals surface area contributed by atoms with Crippen molar-refractivity contribution in [3.8, 4) is 5.82 Å². The van der Waals surface area contributed by atoms with Crippen molar-refractivity contribution < 1.29 is 14.3 Å². The highest BCUT2D eigenvalue weighted by molar-refractivity contribution is 5.88. The average Bonchev–Trinajstić information content (AvgIpc) is 2.70. The number of imidazole rings is 1. The molecule has 0 aliphatic rings. The predicted octanol–water partition coefficient (Wildman–Crippen LogP) is 1.10. The lowest BCUT2D eigenvalue weighted by Gasteiger charge is -2.04. The van der Waals surface area contributed by atoms with Crippen molar-refractivity contribution in [2.45, 2.75) is 0 Å². The summed E-state index contributed by atoms with van der Waals surface area (Å²) in [6.07, 6.45) is 5.52. The summed E-state index contributed by atoms with van der Waals surface area (Å²) >= 11 is 0. The summed E-state index contributed by atoms with van der Waals surface area (Å²) in [6.45, 7) is 0. The molecule has 0 amide bonds. The first-order valence-electron chi connectivity index (χ1n) is 4.06. The van der Waals surface area contributed by atoms with Gasteiger partial charge in [-0.1, -0.05) is 0 Å². The molecule has 2 aromatic rings. The zero-order chi connectivity index (χ0) is 10.8. The number of carboxylic acids is 1. The van der Waals surface area contributed by atoms with Gasteiger partial charge in [0.15, 0.2) is 11.6 Å². The highest BCUT2D eigenvalue weighted by atomic mass is 19.1. The maximum atomic E-state index is 13.6. The highest BCUT2D eigenvalue weighted by Gasteiger charge is 2.15. The maximum absolute atomic E-state index is 13.6. The zero-order valence-electron chi connectivity index (χ0n) is 7.46. The molecule has 1 N–H and O–H groups in total. The van der Waals surface area contributed by atoms with Crippen LogP contribution in [-0.4, -0.2) is 25.6 Å². The van der Waals surface area contributed by atoms with Crippen molar-refractivity contribution in [3.63, 3.8) is 0 Å². The van der Waals surface area contributed by atoms with E-state index in [0.717, 1.165) is 6.07 Å². The smallest absolute Gasteiger partial charge is 0.338 e. The molecule has 2 heterocycles. The molecular weight excluding hydrogens is 201 g/mol. The Hall–Kier alpha value is -2.24. The van der Waals surface area contributed by atoms with Crippen molar-refractivity contribution in [2.75, 3.05) is 0 Å². The Morgan fingerprint density at radius 1 is 1.47 bits per heavy atom. The van der Waals surface area contributed by atoms with E-state index in [1.54, 1.807) is 0 Å². The molecule has 5 nitrogen and oxygen atoms in total. The molecule has 0 aliphatic carbocycles. The third kappa shape index (κ3) is 1.56. The molecule has 15 heavy (non-hydrogen) atoms. The summed E-state index contributed by atoms with van der Waals surface area (Å²) < 4.78 is 14.9. The SMILES string of the molecule is O=C(O)c1ccnc(-n2ccnc2)c1F. The summed E-state index contributed by atoms with van der Waals surface area (Å²) in [4.78, 5) is 18.1. The number of hydrogen-bond acceptors (Lipinski definition) is 3. The fraction of sp³-hybridized carbons (Fsp3) is 0. The van der Waals surface area contributed by atoms with Crippen LogP contribution in [0.25, 0.3) is 5.82 Å². The maximum Gasteiger partial charge on any atom is 0.338 e. The van der Waals surface area contributed by atoms with Gasteiger partial charge < -0.3 is 5.11 Å². The average molecular weight is 207 g/mol. The molecule has 2 aromatic heterocycles. The molecule has 0 saturated carbocycles. The number of nitrogens with zero attached hydrogens (tertiary/aromatic N) is 3. The minimum atomic E-state index is -1.32. The Balaban J connectivity index is 2.59. The van der Waals surface area contributed by atoms with Gasteiger partial charge in [0, 0.05) is 18.6 Å². The molecule has 0 spiro atoms. The quantitative estimate of drug-likeness (QED) is 0.800. The molecule has 0 radical (unpaired) electrons. The molecule has 0 bridgehead atoms. The molecule has 2 rings (SSSR count). The van der Waals surface area contributed by atoms with E-state index in [0.29, 0.717) is 0 Å². The lowest BCUT2D eigenvalue weighted by Crippen LogP contribution is -2.06. The van der Waals surface area contributed by atoms with Crippen molar-refractivity contribution in [1.82, 2.24) is 14.5 Å². The molecule has 0 aromatic carbocycles. The van der Waals surface area contributed by atoms with Crippen LogP contribution in [0.5, 0.6) is 0 Å². The van der Waals surface area contributed by atoms with E-state index in [9.17, 15) is 9.18 Å². The van der Waals surface area contributed by atoms with Gasteiger partial charge in [-0.2, -0.15) is 0 Å². The fourth-order valence-corrected chi connectivity index (χ4v) is 1.16. The van der Waals surface area contributed by atoms with Crippen LogP contribution in [-0.2, 0) is 0 Å². The second-order valence-corrected chi connectivity index (χ2v) is 2.77. The Labute approximate surface area is 83.8 Å². The number of hydrogen-bond donors (Lipinski definition) is 1. The summed E-state index contributed by atoms with van der Waals surface area (Å²) in [6, 6.07) is 1.11. The van der Waals surface area contributed by atoms with Crippen LogP contribution in [0.15, 0.2) is 31.0 Å². The summed E-state index contributed by atoms with van der Waals surface area (Å²) in [7, 11) is 0. The van der Waals surface area contributed by atoms with Crippen LogP contribution < -0.4 is 0 Å². The van der Waals surface area contributed by atoms with Gasteiger partial charge >= 0.3 is 5.97 Å². The van der Waals surface area contributed by atoms with Crippen LogP contribution in [0.2, 0.25) is 0 Å². The minimum Gasteiger partial charge on any atom is -0.478 e. The molecule has 0 atom stereocenters. The second-order valence-electron chi connectivity index (χ2n) is 2.77. The van der Waals surface area contributed by atoms with E-state index < -0.39 is 17.3 Å². The summed E-state index contributed by atoms with van der Waals surface area (Å²) in [5.74, 6) is -2.27. The number of halogens is 1. The van der Waals surface area contributed by atoms with E-state index in [2.05, 4.69) is 9.97 Å². The third-order valence-electron chi connectivity index (χ3n) is 1.85. The van der Waals surface area contributed by atoms with Crippen LogP contribution in [0.4, 0.5) is 4.39 Å². The first-order valence-corrected chi connectivity index (χ1v) is 4.06. The summed E-state index contributed by atoms with van der Waals surface area (Å²) in [5, 5.41) is 8.69. The fourth-order valence-electron chi connectivity index (χ4n) is 1.16. The normalized spacial score (nSPS) is 10.2. The number of pyridine rings is 1. The Morgan fingerprint density at radius 3 is 2.87 bits per heavy atom. The number of rotatable bonds is 2. The highest BCUT2D eigenvalue weighted by Crippen LogP contribution is 2.13. The van der Waals surface area contributed by atoms with E-state index in [-0.39, 0.29) is 5.82 Å². The summed E-state index contributed by atoms with van der Waals surface area (Å²) in [5.41, 5.74) is -0.409. The molecule has 76 valence electrons. The second kappa shape index (κ2) is 3.49. The molecular formula is C9H6FN3O2. The molecule has 0 fully saturated rings. The number of aromatic carboxylic acids is 1. The Morgan fingerprint density at radius 2 is 2.27 bits per heavy atom. The molecule has 6 heteroatoms. The lowest BCUT2D eigenvalue weighted by atomic mass is 10.2. The van der Waals surface area contributed by atoms with Crippen LogP contribution in [0, 0.1) is 5.82 Å². The number of carboxylic acid groups (broad SMARTS) is 1. The zero-order valence-corrected chi connectivity index (χ0v) is 7.46. The van der Waals surface area contributed by atoms with E-state index in [4.69, 9.17) is 5.11 Å². The predicted molar refractivity (Wildman–Crippen MR) is 48.3 cm³/mol. The van der Waals surface area contributed by atoms with Crippen LogP contribution in [0.1, 0.15) is 10.4 Å². The largest absolute Gasteiger partial charge is 0.478 e. The van der Waals surface area contributed by atoms with E-state index >= 15 is 0 Å². The van der Waals surface area contributed by atoms with Crippen molar-refractivity contribution in [2.24, 2.45) is 0 Å². The Kier molecular flexibility index (Phi) is 2.17. The van der Waals surface area contributed by atoms with Crippen molar-refractivity contribution in [3.05, 3.63) is 42.4 Å². The molecule has 0 saturated heterocycles. The topological polar surface area (TPSA) is 68.0 Å². The van der Waals surface area contributed by atoms with Gasteiger partial charge in [-0.25, -0.2) is 19.2 Å². The molecule has 0 unspecified atom stereocenters. The van der Waals surface area contributed by atoms with E-state index in [1.165, 1.54) is 29.5 Å². The van der Waals surface area contributed by atoms with Crippen LogP contribution in [0.3, 0.4) is 0 Å². The van der Waals surface area contributed by atoms with Crippen molar-refractivity contribution >= 4 is 5.97 Å². The first-order chi connectivity index (χ1) is 7.20. The van der Waals surface area contributed by atoms with Gasteiger partial charge in [0.05, 0.1) is 0 Å². The van der Waals surface area contributed by atoms with Crippen molar-refractivity contribution in [1.29, 1.82) is 0 Å². The van der Waals surface area contributed by atoms with Crippen LogP contribution >= 0.6 is 0 Å². The minimum absolute atomic E-state index is 0.0765. The lowest BCUT2D eigenvalue weighted by molar-refractivity contribution is 0.0691. The standard InChI is InChI=1S/C9H6FN3O2/c10-7-6(9(14)15)1-2-12-8(7)13-4-3-11-5-13/h1-5H,(H,14,15). The van der Waals surface area contributed by atoms with Gasteiger partial charge in [-0.05, 0) is 6.07 Å². The number of carbonyl (C=O) groups is 1. The Bertz CT molecular complexity index is 496. The van der Waals surface area contributed by atoms with E-state index in [1.807, 2.05) is 0 Å².